The van der Waals surface area contributed by atoms with Crippen LogP contribution in [0.2, 0.25) is 0 Å². The summed E-state index contributed by atoms with van der Waals surface area (Å²) in [6.45, 7) is 1.89. The Labute approximate surface area is 275 Å². The number of hydrogen-bond donors (Lipinski definition) is 2. The summed E-state index contributed by atoms with van der Waals surface area (Å²) in [7, 11) is -2.90. The van der Waals surface area contributed by atoms with Gasteiger partial charge in [-0.2, -0.15) is 9.40 Å². The van der Waals surface area contributed by atoms with Crippen LogP contribution in [0.4, 0.5) is 5.69 Å². The van der Waals surface area contributed by atoms with Gasteiger partial charge in [-0.05, 0) is 60.9 Å². The maximum absolute atomic E-state index is 14.0. The number of benzene rings is 3. The molecule has 0 aliphatic carbocycles. The molecule has 2 N–H and O–H groups in total. The molecule has 4 aromatic heterocycles. The van der Waals surface area contributed by atoms with E-state index in [9.17, 15) is 18.5 Å². The zero-order chi connectivity index (χ0) is 33.4. The average molecular weight is 663 g/mol. The number of hydrogen-bond acceptors (Lipinski definition) is 8. The maximum Gasteiger partial charge on any atom is 0.289 e. The quantitative estimate of drug-likeness (QED) is 0.112. The number of aromatic nitrogens is 4. The van der Waals surface area contributed by atoms with Gasteiger partial charge < -0.3 is 14.1 Å². The third-order valence-corrected chi connectivity index (χ3v) is 10.5. The second-order valence-electron chi connectivity index (χ2n) is 11.4. The Morgan fingerprint density at radius 2 is 1.83 bits per heavy atom. The van der Waals surface area contributed by atoms with Crippen molar-refractivity contribution in [3.8, 4) is 28.1 Å². The van der Waals surface area contributed by atoms with Crippen molar-refractivity contribution in [3.63, 3.8) is 0 Å². The van der Waals surface area contributed by atoms with Crippen molar-refractivity contribution in [2.75, 3.05) is 13.7 Å². The number of likely N-dealkylation sites (N-methyl/N-ethyl adjacent to an activating group) is 1. The van der Waals surface area contributed by atoms with Crippen LogP contribution < -0.4 is 4.74 Å². The molecule has 7 aromatic rings. The number of para-hydroxylation sites is 2. The standard InChI is InChI=1S/C35H30N6O6S/c1-22-29-16-23(11-12-32(29)39-38-22)30-17-27(19-37-35(30)24-13-14-46-20-24)47-21-26(15-25-18-36-31-8-4-3-7-28(25)31)40(2)48(44,45)34-10-6-5-9-33(34)41(42)43/h3-14,16-20,26,36H,15,21H2,1-2H3,(H,38,39)/t26-/m0/s1. The number of aromatic amines is 2. The summed E-state index contributed by atoms with van der Waals surface area (Å²) in [5.74, 6) is 0.418. The molecule has 3 aromatic carbocycles. The molecule has 242 valence electrons. The summed E-state index contributed by atoms with van der Waals surface area (Å²) >= 11 is 0. The molecule has 7 rings (SSSR count). The highest BCUT2D eigenvalue weighted by Gasteiger charge is 2.34. The van der Waals surface area contributed by atoms with Crippen LogP contribution in [0.1, 0.15) is 11.3 Å². The fourth-order valence-corrected chi connectivity index (χ4v) is 7.39. The number of nitrogens with zero attached hydrogens (tertiary/aromatic N) is 4. The van der Waals surface area contributed by atoms with Crippen molar-refractivity contribution in [1.29, 1.82) is 0 Å². The van der Waals surface area contributed by atoms with Gasteiger partial charge in [0.25, 0.3) is 5.69 Å². The molecule has 0 spiro atoms. The average Bonchev–Trinajstić information content (AvgIpc) is 3.87. The van der Waals surface area contributed by atoms with Gasteiger partial charge >= 0.3 is 0 Å². The van der Waals surface area contributed by atoms with Gasteiger partial charge in [-0.25, -0.2) is 8.42 Å². The summed E-state index contributed by atoms with van der Waals surface area (Å²) < 4.78 is 40.8. The number of aryl methyl sites for hydroxylation is 1. The van der Waals surface area contributed by atoms with E-state index < -0.39 is 26.7 Å². The second kappa shape index (κ2) is 12.4. The van der Waals surface area contributed by atoms with Crippen molar-refractivity contribution in [1.82, 2.24) is 24.5 Å². The molecule has 12 nitrogen and oxygen atoms in total. The third-order valence-electron chi connectivity index (χ3n) is 8.52. The Bertz CT molecular complexity index is 2380. The maximum atomic E-state index is 14.0. The lowest BCUT2D eigenvalue weighted by molar-refractivity contribution is -0.387. The molecule has 48 heavy (non-hydrogen) atoms. The summed E-state index contributed by atoms with van der Waals surface area (Å²) in [6.07, 6.45) is 6.90. The lowest BCUT2D eigenvalue weighted by Crippen LogP contribution is -2.42. The molecule has 1 atom stereocenters. The van der Waals surface area contributed by atoms with Crippen LogP contribution in [-0.2, 0) is 16.4 Å². The van der Waals surface area contributed by atoms with E-state index in [0.29, 0.717) is 11.4 Å². The normalized spacial score (nSPS) is 12.6. The van der Waals surface area contributed by atoms with Crippen LogP contribution in [0.25, 0.3) is 44.2 Å². The fourth-order valence-electron chi connectivity index (χ4n) is 5.90. The molecule has 0 saturated heterocycles. The van der Waals surface area contributed by atoms with Crippen molar-refractivity contribution >= 4 is 37.5 Å². The predicted molar refractivity (Wildman–Crippen MR) is 181 cm³/mol. The number of H-pyrrole nitrogens is 2. The van der Waals surface area contributed by atoms with E-state index in [2.05, 4.69) is 15.2 Å². The second-order valence-corrected chi connectivity index (χ2v) is 13.4. The van der Waals surface area contributed by atoms with E-state index in [1.165, 1.54) is 31.3 Å². The van der Waals surface area contributed by atoms with Crippen LogP contribution in [0.5, 0.6) is 5.75 Å². The SMILES string of the molecule is Cc1[nH]nc2ccc(-c3cc(OC[C@H](Cc4c[nH]c5ccccc45)N(C)S(=O)(=O)c4ccccc4[N+](=O)[O-])cnc3-c3ccoc3)cc12. The number of sulfonamides is 1. The number of rotatable bonds is 11. The van der Waals surface area contributed by atoms with E-state index in [1.807, 2.05) is 67.7 Å². The third kappa shape index (κ3) is 5.69. The number of nitro benzene ring substituents is 1. The lowest BCUT2D eigenvalue weighted by Gasteiger charge is -2.27. The van der Waals surface area contributed by atoms with Gasteiger partial charge in [0, 0.05) is 52.4 Å². The highest BCUT2D eigenvalue weighted by molar-refractivity contribution is 7.89. The summed E-state index contributed by atoms with van der Waals surface area (Å²) in [4.78, 5) is 18.7. The molecule has 13 heteroatoms. The molecular weight excluding hydrogens is 632 g/mol. The molecule has 0 aliphatic rings. The smallest absolute Gasteiger partial charge is 0.289 e. The van der Waals surface area contributed by atoms with Crippen LogP contribution in [0.15, 0.2) is 113 Å². The van der Waals surface area contributed by atoms with E-state index in [1.54, 1.807) is 18.7 Å². The van der Waals surface area contributed by atoms with E-state index in [4.69, 9.17) is 14.1 Å². The zero-order valence-electron chi connectivity index (χ0n) is 26.0. The van der Waals surface area contributed by atoms with Gasteiger partial charge in [0.2, 0.25) is 10.0 Å². The molecule has 0 amide bonds. The first-order valence-corrected chi connectivity index (χ1v) is 16.5. The van der Waals surface area contributed by atoms with E-state index in [0.717, 1.165) is 54.1 Å². The van der Waals surface area contributed by atoms with Crippen molar-refractivity contribution in [2.45, 2.75) is 24.3 Å². The zero-order valence-corrected chi connectivity index (χ0v) is 26.8. The highest BCUT2D eigenvalue weighted by Crippen LogP contribution is 2.36. The largest absolute Gasteiger partial charge is 0.490 e. The molecule has 0 bridgehead atoms. The van der Waals surface area contributed by atoms with Gasteiger partial charge in [0.1, 0.15) is 12.4 Å². The number of nitro groups is 1. The minimum atomic E-state index is -4.32. The minimum Gasteiger partial charge on any atom is -0.490 e. The van der Waals surface area contributed by atoms with Crippen LogP contribution in [0, 0.1) is 17.0 Å². The Balaban J connectivity index is 1.26. The Hall–Kier alpha value is -5.79. The Morgan fingerprint density at radius 1 is 1.02 bits per heavy atom. The first-order valence-electron chi connectivity index (χ1n) is 15.1. The van der Waals surface area contributed by atoms with Gasteiger partial charge in [0.05, 0.1) is 40.9 Å². The highest BCUT2D eigenvalue weighted by atomic mass is 32.2. The van der Waals surface area contributed by atoms with E-state index >= 15 is 0 Å². The van der Waals surface area contributed by atoms with Crippen LogP contribution >= 0.6 is 0 Å². The molecule has 0 aliphatic heterocycles. The number of fused-ring (bicyclic) bond motifs is 2. The summed E-state index contributed by atoms with van der Waals surface area (Å²) in [5, 5.41) is 21.1. The molecule has 4 heterocycles. The van der Waals surface area contributed by atoms with Crippen LogP contribution in [0.3, 0.4) is 0 Å². The first kappa shape index (κ1) is 30.8. The van der Waals surface area contributed by atoms with Gasteiger partial charge in [-0.1, -0.05) is 36.4 Å². The number of ether oxygens (including phenoxy) is 1. The molecule has 0 fully saturated rings. The topological polar surface area (TPSA) is 160 Å². The molecular formula is C35H30N6O6S. The van der Waals surface area contributed by atoms with Gasteiger partial charge in [0.15, 0.2) is 4.90 Å². The lowest BCUT2D eigenvalue weighted by atomic mass is 9.99. The Morgan fingerprint density at radius 3 is 2.65 bits per heavy atom. The fraction of sp³-hybridized carbons (Fsp3) is 0.143. The Kier molecular flexibility index (Phi) is 7.99. The van der Waals surface area contributed by atoms with Crippen molar-refractivity contribution in [2.24, 2.45) is 0 Å². The number of furan rings is 1. The molecule has 0 radical (unpaired) electrons. The minimum absolute atomic E-state index is 0.0675. The van der Waals surface area contributed by atoms with Crippen LogP contribution in [-0.4, -0.2) is 57.5 Å². The predicted octanol–water partition coefficient (Wildman–Crippen LogP) is 6.89. The van der Waals surface area contributed by atoms with Crippen molar-refractivity contribution in [3.05, 3.63) is 125 Å². The number of pyridine rings is 1. The summed E-state index contributed by atoms with van der Waals surface area (Å²) in [5.41, 5.74) is 6.19. The number of nitrogens with one attached hydrogen (secondary N) is 2. The first-order chi connectivity index (χ1) is 23.2. The van der Waals surface area contributed by atoms with Crippen molar-refractivity contribution < 1.29 is 22.5 Å². The van der Waals surface area contributed by atoms with E-state index in [-0.39, 0.29) is 17.9 Å². The van der Waals surface area contributed by atoms with Gasteiger partial charge in [-0.15, -0.1) is 0 Å². The molecule has 0 unspecified atom stereocenters. The van der Waals surface area contributed by atoms with Gasteiger partial charge in [-0.3, -0.25) is 20.2 Å². The summed E-state index contributed by atoms with van der Waals surface area (Å²) in [6, 6.07) is 21.9. The monoisotopic (exact) mass is 662 g/mol. The molecule has 0 saturated carbocycles.